The molecule has 7 nitrogen and oxygen atoms in total. The highest BCUT2D eigenvalue weighted by atomic mass is 79.9. The molecule has 0 aliphatic carbocycles. The summed E-state index contributed by atoms with van der Waals surface area (Å²) in [6.45, 7) is -0.307. The van der Waals surface area contributed by atoms with Crippen LogP contribution in [-0.4, -0.2) is 30.5 Å². The van der Waals surface area contributed by atoms with E-state index in [4.69, 9.17) is 27.9 Å². The van der Waals surface area contributed by atoms with Crippen LogP contribution in [0.1, 0.15) is 26.3 Å². The Labute approximate surface area is 207 Å². The first kappa shape index (κ1) is 24.4. The van der Waals surface area contributed by atoms with Crippen LogP contribution in [0, 0.1) is 0 Å². The SMILES string of the molecule is O=C(CNC(=O)c1ccccc1Cl)N/N=C/c1cc(Br)ccc1OC(=O)c1ccc(Cl)cc1. The molecule has 2 amide bonds. The van der Waals surface area contributed by atoms with Crippen LogP contribution in [0.25, 0.3) is 0 Å². The lowest BCUT2D eigenvalue weighted by atomic mass is 10.2. The highest BCUT2D eigenvalue weighted by Crippen LogP contribution is 2.23. The van der Waals surface area contributed by atoms with Crippen LogP contribution in [0.15, 0.2) is 76.3 Å². The molecule has 0 aliphatic heterocycles. The van der Waals surface area contributed by atoms with Crippen molar-refractivity contribution in [2.45, 2.75) is 0 Å². The van der Waals surface area contributed by atoms with E-state index in [0.29, 0.717) is 20.6 Å². The van der Waals surface area contributed by atoms with Gasteiger partial charge in [-0.15, -0.1) is 0 Å². The first-order valence-electron chi connectivity index (χ1n) is 9.45. The number of halogens is 3. The lowest BCUT2D eigenvalue weighted by Gasteiger charge is -2.08. The largest absolute Gasteiger partial charge is 0.422 e. The average Bonchev–Trinajstić information content (AvgIpc) is 2.80. The molecular formula is C23H16BrCl2N3O4. The summed E-state index contributed by atoms with van der Waals surface area (Å²) in [5.41, 5.74) is 3.33. The molecule has 0 bridgehead atoms. The molecule has 0 aliphatic rings. The second-order valence-corrected chi connectivity index (χ2v) is 8.29. The minimum absolute atomic E-state index is 0.239. The summed E-state index contributed by atoms with van der Waals surface area (Å²) in [4.78, 5) is 36.5. The summed E-state index contributed by atoms with van der Waals surface area (Å²) < 4.78 is 6.16. The molecule has 3 aromatic carbocycles. The van der Waals surface area contributed by atoms with Gasteiger partial charge in [-0.2, -0.15) is 5.10 Å². The number of benzene rings is 3. The predicted molar refractivity (Wildman–Crippen MR) is 130 cm³/mol. The molecule has 0 saturated heterocycles. The van der Waals surface area contributed by atoms with Crippen molar-refractivity contribution in [2.75, 3.05) is 6.54 Å². The van der Waals surface area contributed by atoms with Crippen molar-refractivity contribution < 1.29 is 19.1 Å². The molecule has 0 spiro atoms. The summed E-state index contributed by atoms with van der Waals surface area (Å²) in [6, 6.07) is 17.7. The second-order valence-electron chi connectivity index (χ2n) is 6.53. The maximum atomic E-state index is 12.4. The molecule has 33 heavy (non-hydrogen) atoms. The molecule has 3 aromatic rings. The molecule has 10 heteroatoms. The van der Waals surface area contributed by atoms with Gasteiger partial charge in [0.25, 0.3) is 11.8 Å². The molecule has 0 atom stereocenters. The number of rotatable bonds is 7. The second kappa shape index (κ2) is 11.6. The van der Waals surface area contributed by atoms with Gasteiger partial charge < -0.3 is 10.1 Å². The molecule has 168 valence electrons. The first-order valence-corrected chi connectivity index (χ1v) is 11.0. The number of nitrogens with zero attached hydrogens (tertiary/aromatic N) is 1. The van der Waals surface area contributed by atoms with Crippen molar-refractivity contribution in [2.24, 2.45) is 5.10 Å². The average molecular weight is 549 g/mol. The van der Waals surface area contributed by atoms with Gasteiger partial charge in [0.2, 0.25) is 0 Å². The Balaban J connectivity index is 1.60. The maximum absolute atomic E-state index is 12.4. The van der Waals surface area contributed by atoms with Gasteiger partial charge in [0.1, 0.15) is 5.75 Å². The summed E-state index contributed by atoms with van der Waals surface area (Å²) in [6.07, 6.45) is 1.32. The van der Waals surface area contributed by atoms with E-state index >= 15 is 0 Å². The molecule has 2 N–H and O–H groups in total. The van der Waals surface area contributed by atoms with Gasteiger partial charge in [0.15, 0.2) is 0 Å². The molecule has 0 radical (unpaired) electrons. The van der Waals surface area contributed by atoms with Crippen molar-refractivity contribution in [3.05, 3.63) is 97.9 Å². The fourth-order valence-electron chi connectivity index (χ4n) is 2.57. The van der Waals surface area contributed by atoms with Crippen LogP contribution >= 0.6 is 39.1 Å². The van der Waals surface area contributed by atoms with Gasteiger partial charge in [-0.05, 0) is 54.6 Å². The van der Waals surface area contributed by atoms with E-state index in [9.17, 15) is 14.4 Å². The zero-order chi connectivity index (χ0) is 23.8. The van der Waals surface area contributed by atoms with Gasteiger partial charge >= 0.3 is 5.97 Å². The fourth-order valence-corrected chi connectivity index (χ4v) is 3.30. The van der Waals surface area contributed by atoms with E-state index in [1.807, 2.05) is 0 Å². The van der Waals surface area contributed by atoms with Crippen LogP contribution in [0.2, 0.25) is 10.0 Å². The molecule has 0 aromatic heterocycles. The van der Waals surface area contributed by atoms with Crippen molar-refractivity contribution in [1.82, 2.24) is 10.7 Å². The predicted octanol–water partition coefficient (Wildman–Crippen LogP) is 4.86. The van der Waals surface area contributed by atoms with E-state index < -0.39 is 17.8 Å². The third kappa shape index (κ3) is 7.15. The zero-order valence-corrected chi connectivity index (χ0v) is 19.9. The number of esters is 1. The minimum Gasteiger partial charge on any atom is -0.422 e. The summed E-state index contributed by atoms with van der Waals surface area (Å²) in [5, 5.41) is 7.12. The lowest BCUT2D eigenvalue weighted by molar-refractivity contribution is -0.120. The zero-order valence-electron chi connectivity index (χ0n) is 16.8. The Morgan fingerprint density at radius 1 is 1.00 bits per heavy atom. The van der Waals surface area contributed by atoms with Crippen molar-refractivity contribution in [1.29, 1.82) is 0 Å². The molecular weight excluding hydrogens is 533 g/mol. The Morgan fingerprint density at radius 2 is 1.73 bits per heavy atom. The van der Waals surface area contributed by atoms with Crippen LogP contribution in [0.3, 0.4) is 0 Å². The number of hydrogen-bond acceptors (Lipinski definition) is 5. The van der Waals surface area contributed by atoms with Crippen LogP contribution < -0.4 is 15.5 Å². The molecule has 0 fully saturated rings. The van der Waals surface area contributed by atoms with Gasteiger partial charge in [0.05, 0.1) is 28.9 Å². The number of ether oxygens (including phenoxy) is 1. The van der Waals surface area contributed by atoms with E-state index in [1.165, 1.54) is 6.21 Å². The number of hydrogen-bond donors (Lipinski definition) is 2. The normalized spacial score (nSPS) is 10.6. The monoisotopic (exact) mass is 547 g/mol. The molecule has 3 rings (SSSR count). The van der Waals surface area contributed by atoms with Gasteiger partial charge in [0, 0.05) is 15.1 Å². The maximum Gasteiger partial charge on any atom is 0.343 e. The Kier molecular flexibility index (Phi) is 8.59. The quantitative estimate of drug-likeness (QED) is 0.191. The molecule has 0 saturated carbocycles. The van der Waals surface area contributed by atoms with E-state index in [2.05, 4.69) is 31.8 Å². The van der Waals surface area contributed by atoms with Gasteiger partial charge in [-0.3, -0.25) is 9.59 Å². The number of carbonyl (C=O) groups is 3. The Morgan fingerprint density at radius 3 is 2.45 bits per heavy atom. The van der Waals surface area contributed by atoms with E-state index in [0.717, 1.165) is 0 Å². The summed E-state index contributed by atoms with van der Waals surface area (Å²) in [7, 11) is 0. The van der Waals surface area contributed by atoms with Crippen molar-refractivity contribution in [3.63, 3.8) is 0 Å². The van der Waals surface area contributed by atoms with Gasteiger partial charge in [-0.1, -0.05) is 51.3 Å². The van der Waals surface area contributed by atoms with Crippen LogP contribution in [-0.2, 0) is 4.79 Å². The first-order chi connectivity index (χ1) is 15.8. The highest BCUT2D eigenvalue weighted by Gasteiger charge is 2.13. The third-order valence-corrected chi connectivity index (χ3v) is 5.25. The molecule has 0 heterocycles. The Hall–Kier alpha value is -3.20. The molecule has 0 unspecified atom stereocenters. The summed E-state index contributed by atoms with van der Waals surface area (Å²) in [5.74, 6) is -1.37. The van der Waals surface area contributed by atoms with Crippen LogP contribution in [0.5, 0.6) is 5.75 Å². The standard InChI is InChI=1S/C23H16BrCl2N3O4/c24-16-7-10-20(33-23(32)14-5-8-17(25)9-6-14)15(11-16)12-28-29-21(30)13-27-22(31)18-3-1-2-4-19(18)26/h1-12H,13H2,(H,27,31)(H,29,30)/b28-12+. The Bertz CT molecular complexity index is 1220. The number of amides is 2. The van der Waals surface area contributed by atoms with Gasteiger partial charge in [-0.25, -0.2) is 10.2 Å². The lowest BCUT2D eigenvalue weighted by Crippen LogP contribution is -2.35. The van der Waals surface area contributed by atoms with Crippen molar-refractivity contribution in [3.8, 4) is 5.75 Å². The number of carbonyl (C=O) groups excluding carboxylic acids is 3. The van der Waals surface area contributed by atoms with Crippen molar-refractivity contribution >= 4 is 63.1 Å². The number of nitrogens with one attached hydrogen (secondary N) is 2. The van der Waals surface area contributed by atoms with Crippen LogP contribution in [0.4, 0.5) is 0 Å². The van der Waals surface area contributed by atoms with E-state index in [1.54, 1.807) is 66.7 Å². The summed E-state index contributed by atoms with van der Waals surface area (Å²) >= 11 is 15.1. The topological polar surface area (TPSA) is 96.9 Å². The fraction of sp³-hybridized carbons (Fsp3) is 0.0435. The smallest absolute Gasteiger partial charge is 0.343 e. The number of hydrazone groups is 1. The highest BCUT2D eigenvalue weighted by molar-refractivity contribution is 9.10. The van der Waals surface area contributed by atoms with E-state index in [-0.39, 0.29) is 22.9 Å². The third-order valence-electron chi connectivity index (χ3n) is 4.18. The minimum atomic E-state index is -0.574.